The van der Waals surface area contributed by atoms with Crippen molar-refractivity contribution in [2.45, 2.75) is 12.4 Å². The number of carbonyl (C=O) groups is 2. The maximum absolute atomic E-state index is 10.8. The van der Waals surface area contributed by atoms with Gasteiger partial charge in [-0.05, 0) is 18.1 Å². The first-order valence-corrected chi connectivity index (χ1v) is 5.22. The third-order valence-electron chi connectivity index (χ3n) is 2.46. The highest BCUT2D eigenvalue weighted by Crippen LogP contribution is 2.23. The minimum atomic E-state index is -1.98. The molecule has 9 heteroatoms. The standard InChI is InChI=1S/C10H12BNO7/c13-8-5(2-1-3-6(8)9(14)15)4-7(11(18)19)12-10(16)17/h1-3,7,12-13,18-19H,4H2,(H,14,15)(H,16,17). The Bertz CT molecular complexity index is 491. The van der Waals surface area contributed by atoms with Crippen molar-refractivity contribution in [2.75, 3.05) is 0 Å². The van der Waals surface area contributed by atoms with Gasteiger partial charge < -0.3 is 30.7 Å². The van der Waals surface area contributed by atoms with E-state index >= 15 is 0 Å². The van der Waals surface area contributed by atoms with Crippen LogP contribution in [0.5, 0.6) is 5.75 Å². The van der Waals surface area contributed by atoms with E-state index < -0.39 is 30.9 Å². The summed E-state index contributed by atoms with van der Waals surface area (Å²) in [7, 11) is -1.98. The largest absolute Gasteiger partial charge is 0.507 e. The molecule has 0 aromatic heterocycles. The zero-order chi connectivity index (χ0) is 14.6. The van der Waals surface area contributed by atoms with E-state index in [0.29, 0.717) is 0 Å². The molecule has 0 saturated carbocycles. The maximum Gasteiger partial charge on any atom is 0.475 e. The zero-order valence-corrected chi connectivity index (χ0v) is 9.65. The Morgan fingerprint density at radius 2 is 1.89 bits per heavy atom. The van der Waals surface area contributed by atoms with Gasteiger partial charge in [-0.25, -0.2) is 9.59 Å². The maximum atomic E-state index is 10.8. The van der Waals surface area contributed by atoms with Crippen molar-refractivity contribution < 1.29 is 35.0 Å². The van der Waals surface area contributed by atoms with E-state index in [1.165, 1.54) is 18.2 Å². The van der Waals surface area contributed by atoms with Gasteiger partial charge in [-0.15, -0.1) is 0 Å². The smallest absolute Gasteiger partial charge is 0.475 e. The molecule has 0 saturated heterocycles. The van der Waals surface area contributed by atoms with E-state index in [4.69, 9.17) is 20.3 Å². The summed E-state index contributed by atoms with van der Waals surface area (Å²) < 4.78 is 0. The predicted octanol–water partition coefficient (Wildman–Crippen LogP) is -0.719. The second-order valence-electron chi connectivity index (χ2n) is 3.79. The van der Waals surface area contributed by atoms with Crippen LogP contribution in [0.25, 0.3) is 0 Å². The number of aromatic hydroxyl groups is 1. The fraction of sp³-hybridized carbons (Fsp3) is 0.200. The Balaban J connectivity index is 3.00. The van der Waals surface area contributed by atoms with Gasteiger partial charge in [0.05, 0.1) is 5.94 Å². The summed E-state index contributed by atoms with van der Waals surface area (Å²) in [6.45, 7) is 0. The van der Waals surface area contributed by atoms with E-state index in [1.807, 2.05) is 5.32 Å². The van der Waals surface area contributed by atoms with E-state index in [9.17, 15) is 14.7 Å². The van der Waals surface area contributed by atoms with Crippen LogP contribution in [0, 0.1) is 0 Å². The number of carboxylic acid groups (broad SMARTS) is 2. The van der Waals surface area contributed by atoms with Crippen LogP contribution in [0.3, 0.4) is 0 Å². The monoisotopic (exact) mass is 269 g/mol. The Labute approximate surface area is 108 Å². The van der Waals surface area contributed by atoms with Gasteiger partial charge >= 0.3 is 19.2 Å². The van der Waals surface area contributed by atoms with E-state index in [0.717, 1.165) is 0 Å². The number of aromatic carboxylic acids is 1. The first-order valence-electron chi connectivity index (χ1n) is 5.22. The van der Waals surface area contributed by atoms with Crippen LogP contribution < -0.4 is 5.32 Å². The highest BCUT2D eigenvalue weighted by molar-refractivity contribution is 6.43. The molecule has 0 spiro atoms. The lowest BCUT2D eigenvalue weighted by molar-refractivity contribution is 0.0693. The van der Waals surface area contributed by atoms with Crippen LogP contribution in [0.2, 0.25) is 0 Å². The molecule has 8 nitrogen and oxygen atoms in total. The fourth-order valence-electron chi connectivity index (χ4n) is 1.56. The van der Waals surface area contributed by atoms with Crippen molar-refractivity contribution in [3.8, 4) is 5.75 Å². The van der Waals surface area contributed by atoms with Crippen molar-refractivity contribution in [3.05, 3.63) is 29.3 Å². The molecule has 1 atom stereocenters. The molecule has 0 radical (unpaired) electrons. The van der Waals surface area contributed by atoms with Crippen LogP contribution in [0.1, 0.15) is 15.9 Å². The number of carboxylic acids is 1. The van der Waals surface area contributed by atoms with Gasteiger partial charge in [0.15, 0.2) is 0 Å². The second kappa shape index (κ2) is 6.07. The number of phenols is 1. The molecule has 1 aromatic rings. The molecule has 1 unspecified atom stereocenters. The van der Waals surface area contributed by atoms with Crippen molar-refractivity contribution in [1.29, 1.82) is 0 Å². The quantitative estimate of drug-likeness (QED) is 0.386. The topological polar surface area (TPSA) is 147 Å². The average molecular weight is 269 g/mol. The zero-order valence-electron chi connectivity index (χ0n) is 9.65. The van der Waals surface area contributed by atoms with Crippen LogP contribution in [0.15, 0.2) is 18.2 Å². The molecule has 6 N–H and O–H groups in total. The summed E-state index contributed by atoms with van der Waals surface area (Å²) >= 11 is 0. The summed E-state index contributed by atoms with van der Waals surface area (Å²) in [6.07, 6.45) is -1.73. The average Bonchev–Trinajstić information content (AvgIpc) is 2.29. The Morgan fingerprint density at radius 3 is 2.37 bits per heavy atom. The van der Waals surface area contributed by atoms with E-state index in [1.54, 1.807) is 0 Å². The molecule has 0 aliphatic rings. The van der Waals surface area contributed by atoms with Gasteiger partial charge in [0.2, 0.25) is 0 Å². The first-order chi connectivity index (χ1) is 8.82. The molecule has 102 valence electrons. The highest BCUT2D eigenvalue weighted by Gasteiger charge is 2.27. The molecule has 1 rings (SSSR count). The molecule has 0 aliphatic carbocycles. The van der Waals surface area contributed by atoms with E-state index in [-0.39, 0.29) is 17.5 Å². The van der Waals surface area contributed by atoms with Gasteiger partial charge in [0, 0.05) is 0 Å². The van der Waals surface area contributed by atoms with Crippen molar-refractivity contribution in [2.24, 2.45) is 0 Å². The number of benzene rings is 1. The van der Waals surface area contributed by atoms with Crippen LogP contribution in [-0.2, 0) is 6.42 Å². The third-order valence-corrected chi connectivity index (χ3v) is 2.46. The lowest BCUT2D eigenvalue weighted by atomic mass is 9.76. The SMILES string of the molecule is O=C(O)NC(Cc1cccc(C(=O)O)c1O)B(O)O. The number of nitrogens with one attached hydrogen (secondary N) is 1. The van der Waals surface area contributed by atoms with Gasteiger partial charge in [-0.3, -0.25) is 0 Å². The van der Waals surface area contributed by atoms with Crippen molar-refractivity contribution >= 4 is 19.2 Å². The summed E-state index contributed by atoms with van der Waals surface area (Å²) in [4.78, 5) is 21.3. The number of para-hydroxylation sites is 1. The van der Waals surface area contributed by atoms with Gasteiger partial charge in [0.25, 0.3) is 0 Å². The summed E-state index contributed by atoms with van der Waals surface area (Å²) in [6, 6.07) is 3.90. The number of amides is 1. The normalized spacial score (nSPS) is 11.7. The van der Waals surface area contributed by atoms with Crippen molar-refractivity contribution in [3.63, 3.8) is 0 Å². The van der Waals surface area contributed by atoms with Gasteiger partial charge in [-0.1, -0.05) is 12.1 Å². The molecule has 1 amide bonds. The fourth-order valence-corrected chi connectivity index (χ4v) is 1.56. The van der Waals surface area contributed by atoms with Gasteiger partial charge in [0.1, 0.15) is 11.3 Å². The third kappa shape index (κ3) is 3.86. The lowest BCUT2D eigenvalue weighted by Crippen LogP contribution is -2.47. The molecular formula is C10H12BNO7. The van der Waals surface area contributed by atoms with Crippen LogP contribution >= 0.6 is 0 Å². The van der Waals surface area contributed by atoms with Crippen LogP contribution in [0.4, 0.5) is 4.79 Å². The summed E-state index contributed by atoms with van der Waals surface area (Å²) in [5.74, 6) is -3.16. The highest BCUT2D eigenvalue weighted by atomic mass is 16.4. The minimum absolute atomic E-state index is 0.0896. The second-order valence-corrected chi connectivity index (χ2v) is 3.79. The molecule has 0 aliphatic heterocycles. The Hall–Kier alpha value is -2.26. The summed E-state index contributed by atoms with van der Waals surface area (Å²) in [5, 5.41) is 47.0. The molecule has 19 heavy (non-hydrogen) atoms. The number of hydrogen-bond acceptors (Lipinski definition) is 5. The minimum Gasteiger partial charge on any atom is -0.507 e. The molecule has 0 fully saturated rings. The Kier molecular flexibility index (Phi) is 4.73. The molecule has 0 heterocycles. The van der Waals surface area contributed by atoms with Crippen LogP contribution in [-0.4, -0.2) is 50.5 Å². The number of rotatable bonds is 5. The molecule has 1 aromatic carbocycles. The first kappa shape index (κ1) is 14.8. The number of hydrogen-bond donors (Lipinski definition) is 6. The summed E-state index contributed by atoms with van der Waals surface area (Å²) in [5.41, 5.74) is -0.259. The molecule has 0 bridgehead atoms. The van der Waals surface area contributed by atoms with E-state index in [2.05, 4.69) is 0 Å². The Morgan fingerprint density at radius 1 is 1.26 bits per heavy atom. The lowest BCUT2D eigenvalue weighted by Gasteiger charge is -2.16. The van der Waals surface area contributed by atoms with Gasteiger partial charge in [-0.2, -0.15) is 0 Å². The molecular weight excluding hydrogens is 257 g/mol. The predicted molar refractivity (Wildman–Crippen MR) is 63.9 cm³/mol. The van der Waals surface area contributed by atoms with Crippen molar-refractivity contribution in [1.82, 2.24) is 5.32 Å².